The molecule has 0 radical (unpaired) electrons. The Labute approximate surface area is 97.4 Å². The first-order valence-electron chi connectivity index (χ1n) is 6.24. The summed E-state index contributed by atoms with van der Waals surface area (Å²) in [5.74, 6) is 1.81. The largest absolute Gasteiger partial charge is 0.393 e. The number of aliphatic hydroxyl groups excluding tert-OH is 1. The standard InChI is InChI=1S/C12H23NOS/c1-15-9-8-13-7-3-5-11(13)10-4-2-6-12(10)14/h10-12,14H,2-9H2,1H3. The van der Waals surface area contributed by atoms with Crippen LogP contribution in [0.1, 0.15) is 32.1 Å². The van der Waals surface area contributed by atoms with E-state index in [9.17, 15) is 5.11 Å². The highest BCUT2D eigenvalue weighted by molar-refractivity contribution is 7.98. The molecule has 1 heterocycles. The fourth-order valence-corrected chi connectivity index (χ4v) is 3.66. The van der Waals surface area contributed by atoms with Gasteiger partial charge in [-0.3, -0.25) is 4.90 Å². The number of hydrogen-bond acceptors (Lipinski definition) is 3. The maximum absolute atomic E-state index is 9.96. The second-order valence-corrected chi connectivity index (χ2v) is 5.89. The topological polar surface area (TPSA) is 23.5 Å². The van der Waals surface area contributed by atoms with Gasteiger partial charge in [-0.15, -0.1) is 0 Å². The third-order valence-electron chi connectivity index (χ3n) is 4.02. The fraction of sp³-hybridized carbons (Fsp3) is 1.00. The van der Waals surface area contributed by atoms with Crippen molar-refractivity contribution in [3.8, 4) is 0 Å². The molecule has 0 aromatic heterocycles. The Morgan fingerprint density at radius 3 is 2.80 bits per heavy atom. The van der Waals surface area contributed by atoms with Crippen molar-refractivity contribution in [2.75, 3.05) is 25.1 Å². The van der Waals surface area contributed by atoms with Crippen LogP contribution in [0.15, 0.2) is 0 Å². The summed E-state index contributed by atoms with van der Waals surface area (Å²) in [5, 5.41) is 9.96. The lowest BCUT2D eigenvalue weighted by molar-refractivity contribution is 0.0771. The lowest BCUT2D eigenvalue weighted by atomic mass is 9.94. The first-order valence-corrected chi connectivity index (χ1v) is 7.63. The highest BCUT2D eigenvalue weighted by Crippen LogP contribution is 2.35. The molecule has 2 nitrogen and oxygen atoms in total. The molecule has 1 saturated carbocycles. The fourth-order valence-electron chi connectivity index (χ4n) is 3.24. The maximum Gasteiger partial charge on any atom is 0.0583 e. The number of likely N-dealkylation sites (tertiary alicyclic amines) is 1. The van der Waals surface area contributed by atoms with Gasteiger partial charge >= 0.3 is 0 Å². The molecule has 2 fully saturated rings. The van der Waals surface area contributed by atoms with E-state index in [4.69, 9.17) is 0 Å². The van der Waals surface area contributed by atoms with Crippen molar-refractivity contribution >= 4 is 11.8 Å². The van der Waals surface area contributed by atoms with Gasteiger partial charge in [-0.2, -0.15) is 11.8 Å². The quantitative estimate of drug-likeness (QED) is 0.797. The SMILES string of the molecule is CSCCN1CCCC1C1CCCC1O. The van der Waals surface area contributed by atoms with E-state index in [0.29, 0.717) is 12.0 Å². The van der Waals surface area contributed by atoms with Crippen LogP contribution in [0.3, 0.4) is 0 Å². The highest BCUT2D eigenvalue weighted by atomic mass is 32.2. The minimum Gasteiger partial charge on any atom is -0.393 e. The molecule has 0 aromatic rings. The summed E-state index contributed by atoms with van der Waals surface area (Å²) in [5.41, 5.74) is 0. The molecule has 2 aliphatic rings. The van der Waals surface area contributed by atoms with Crippen LogP contribution < -0.4 is 0 Å². The monoisotopic (exact) mass is 229 g/mol. The summed E-state index contributed by atoms with van der Waals surface area (Å²) in [4.78, 5) is 2.62. The zero-order valence-electron chi connectivity index (χ0n) is 9.69. The van der Waals surface area contributed by atoms with E-state index in [2.05, 4.69) is 11.2 Å². The van der Waals surface area contributed by atoms with Crippen LogP contribution in [0.2, 0.25) is 0 Å². The van der Waals surface area contributed by atoms with E-state index >= 15 is 0 Å². The van der Waals surface area contributed by atoms with E-state index in [1.54, 1.807) is 0 Å². The van der Waals surface area contributed by atoms with Crippen LogP contribution in [0.4, 0.5) is 0 Å². The van der Waals surface area contributed by atoms with Crippen molar-refractivity contribution < 1.29 is 5.11 Å². The van der Waals surface area contributed by atoms with Gasteiger partial charge in [-0.05, 0) is 38.5 Å². The molecule has 3 heteroatoms. The Morgan fingerprint density at radius 1 is 1.27 bits per heavy atom. The zero-order valence-corrected chi connectivity index (χ0v) is 10.5. The van der Waals surface area contributed by atoms with Gasteiger partial charge < -0.3 is 5.11 Å². The average molecular weight is 229 g/mol. The molecule has 1 aliphatic carbocycles. The zero-order chi connectivity index (χ0) is 10.7. The van der Waals surface area contributed by atoms with E-state index in [1.165, 1.54) is 44.5 Å². The van der Waals surface area contributed by atoms with Crippen LogP contribution in [0, 0.1) is 5.92 Å². The van der Waals surface area contributed by atoms with E-state index in [-0.39, 0.29) is 6.10 Å². The van der Waals surface area contributed by atoms with Gasteiger partial charge in [0.15, 0.2) is 0 Å². The average Bonchev–Trinajstić information content (AvgIpc) is 2.82. The van der Waals surface area contributed by atoms with Crippen molar-refractivity contribution in [2.45, 2.75) is 44.2 Å². The van der Waals surface area contributed by atoms with Crippen molar-refractivity contribution in [1.82, 2.24) is 4.90 Å². The molecule has 1 aliphatic heterocycles. The van der Waals surface area contributed by atoms with Crippen LogP contribution in [0.5, 0.6) is 0 Å². The molecular formula is C12H23NOS. The second-order valence-electron chi connectivity index (χ2n) is 4.90. The minimum atomic E-state index is -0.00937. The molecule has 0 spiro atoms. The van der Waals surface area contributed by atoms with Gasteiger partial charge in [-0.25, -0.2) is 0 Å². The first kappa shape index (κ1) is 11.7. The smallest absolute Gasteiger partial charge is 0.0583 e. The molecule has 0 aromatic carbocycles. The van der Waals surface area contributed by atoms with Crippen LogP contribution in [-0.2, 0) is 0 Å². The number of rotatable bonds is 4. The van der Waals surface area contributed by atoms with Crippen LogP contribution in [-0.4, -0.2) is 47.3 Å². The Balaban J connectivity index is 1.89. The number of nitrogens with zero attached hydrogens (tertiary/aromatic N) is 1. The van der Waals surface area contributed by atoms with Gasteiger partial charge in [0.05, 0.1) is 6.10 Å². The van der Waals surface area contributed by atoms with Gasteiger partial charge in [0, 0.05) is 24.3 Å². The highest BCUT2D eigenvalue weighted by Gasteiger charge is 2.37. The van der Waals surface area contributed by atoms with Gasteiger partial charge in [0.2, 0.25) is 0 Å². The van der Waals surface area contributed by atoms with Crippen LogP contribution >= 0.6 is 11.8 Å². The lowest BCUT2D eigenvalue weighted by Gasteiger charge is -2.31. The molecule has 3 atom stereocenters. The second kappa shape index (κ2) is 5.55. The summed E-state index contributed by atoms with van der Waals surface area (Å²) in [6.45, 7) is 2.48. The Hall–Kier alpha value is 0.270. The summed E-state index contributed by atoms with van der Waals surface area (Å²) in [6.07, 6.45) is 8.34. The number of thioether (sulfide) groups is 1. The van der Waals surface area contributed by atoms with Gasteiger partial charge in [0.25, 0.3) is 0 Å². The third-order valence-corrected chi connectivity index (χ3v) is 4.61. The molecular weight excluding hydrogens is 206 g/mol. The maximum atomic E-state index is 9.96. The number of hydrogen-bond donors (Lipinski definition) is 1. The number of aliphatic hydroxyl groups is 1. The lowest BCUT2D eigenvalue weighted by Crippen LogP contribution is -2.39. The molecule has 1 saturated heterocycles. The van der Waals surface area contributed by atoms with Crippen molar-refractivity contribution in [2.24, 2.45) is 5.92 Å². The van der Waals surface area contributed by atoms with Crippen LogP contribution in [0.25, 0.3) is 0 Å². The normalized spacial score (nSPS) is 37.6. The van der Waals surface area contributed by atoms with Gasteiger partial charge in [0.1, 0.15) is 0 Å². The Morgan fingerprint density at radius 2 is 2.13 bits per heavy atom. The molecule has 3 unspecified atom stereocenters. The third kappa shape index (κ3) is 2.69. The summed E-state index contributed by atoms with van der Waals surface area (Å²) >= 11 is 1.93. The summed E-state index contributed by atoms with van der Waals surface area (Å²) < 4.78 is 0. The predicted octanol–water partition coefficient (Wildman–Crippen LogP) is 1.97. The first-order chi connectivity index (χ1) is 7.33. The van der Waals surface area contributed by atoms with Crippen molar-refractivity contribution in [3.05, 3.63) is 0 Å². The minimum absolute atomic E-state index is 0.00937. The van der Waals surface area contributed by atoms with E-state index in [1.807, 2.05) is 11.8 Å². The molecule has 1 N–H and O–H groups in total. The summed E-state index contributed by atoms with van der Waals surface area (Å²) in [7, 11) is 0. The van der Waals surface area contributed by atoms with Gasteiger partial charge in [-0.1, -0.05) is 6.42 Å². The Bertz CT molecular complexity index is 200. The predicted molar refractivity (Wildman–Crippen MR) is 66.3 cm³/mol. The molecule has 2 rings (SSSR count). The van der Waals surface area contributed by atoms with E-state index < -0.39 is 0 Å². The molecule has 0 bridgehead atoms. The van der Waals surface area contributed by atoms with E-state index in [0.717, 1.165) is 6.42 Å². The molecule has 88 valence electrons. The summed E-state index contributed by atoms with van der Waals surface area (Å²) in [6, 6.07) is 0.689. The van der Waals surface area contributed by atoms with Crippen molar-refractivity contribution in [1.29, 1.82) is 0 Å². The molecule has 0 amide bonds. The molecule has 15 heavy (non-hydrogen) atoms. The van der Waals surface area contributed by atoms with Crippen molar-refractivity contribution in [3.63, 3.8) is 0 Å². The Kier molecular flexibility index (Phi) is 4.35.